The van der Waals surface area contributed by atoms with Gasteiger partial charge < -0.3 is 14.4 Å². The Morgan fingerprint density at radius 1 is 1.06 bits per heavy atom. The van der Waals surface area contributed by atoms with Gasteiger partial charge >= 0.3 is 5.91 Å². The molecule has 0 saturated heterocycles. The number of amides is 1. The normalized spacial score (nSPS) is 11.9. The van der Waals surface area contributed by atoms with Gasteiger partial charge in [-0.05, 0) is 47.2 Å². The molecule has 0 aliphatic rings. The maximum Gasteiger partial charge on any atom is 0.302 e. The molecule has 0 saturated carbocycles. The molecule has 0 atom stereocenters. The van der Waals surface area contributed by atoms with Crippen molar-refractivity contribution in [2.45, 2.75) is 39.7 Å². The van der Waals surface area contributed by atoms with Crippen LogP contribution < -0.4 is 4.74 Å². The van der Waals surface area contributed by atoms with E-state index in [1.54, 1.807) is 10.6 Å². The molecule has 1 amide bonds. The zero-order valence-electron chi connectivity index (χ0n) is 20.2. The van der Waals surface area contributed by atoms with Crippen molar-refractivity contribution in [2.75, 3.05) is 6.61 Å². The number of carbonyl (C=O) groups is 1. The van der Waals surface area contributed by atoms with E-state index < -0.39 is 5.91 Å². The molecule has 1 aromatic heterocycles. The fourth-order valence-corrected chi connectivity index (χ4v) is 4.17. The summed E-state index contributed by atoms with van der Waals surface area (Å²) in [4.78, 5) is 12.5. The quantitative estimate of drug-likeness (QED) is 0.288. The van der Waals surface area contributed by atoms with Crippen LogP contribution in [-0.2, 0) is 16.8 Å². The number of halogens is 1. The summed E-state index contributed by atoms with van der Waals surface area (Å²) in [7, 11) is 0. The Kier molecular flexibility index (Phi) is 6.94. The Morgan fingerprint density at radius 3 is 2.51 bits per heavy atom. The Bertz CT molecular complexity index is 1420. The number of ether oxygens (including phenoxy) is 1. The second-order valence-corrected chi connectivity index (χ2v) is 9.91. The van der Waals surface area contributed by atoms with Crippen molar-refractivity contribution < 1.29 is 14.6 Å². The minimum atomic E-state index is -0.547. The SMILES string of the molecule is Cc1ccc(C(C)(C)C)c(OCC(=O)N=Nc2c(O)n(Cc3ccccc3Cl)c3ccccc23)c1. The lowest BCUT2D eigenvalue weighted by Crippen LogP contribution is -2.16. The minimum absolute atomic E-state index is 0.0858. The molecule has 1 heterocycles. The molecule has 35 heavy (non-hydrogen) atoms. The number of para-hydroxylation sites is 1. The average molecular weight is 490 g/mol. The van der Waals surface area contributed by atoms with Gasteiger partial charge in [-0.3, -0.25) is 4.79 Å². The average Bonchev–Trinajstić information content (AvgIpc) is 3.07. The Hall–Kier alpha value is -3.64. The minimum Gasteiger partial charge on any atom is -0.493 e. The Balaban J connectivity index is 1.58. The molecule has 6 nitrogen and oxygen atoms in total. The van der Waals surface area contributed by atoms with Crippen LogP contribution in [0.25, 0.3) is 10.9 Å². The number of rotatable bonds is 6. The molecule has 0 spiro atoms. The Labute approximate surface area is 209 Å². The first-order valence-corrected chi connectivity index (χ1v) is 11.7. The molecule has 0 aliphatic heterocycles. The van der Waals surface area contributed by atoms with Crippen LogP contribution in [0.2, 0.25) is 5.02 Å². The molecular weight excluding hydrogens is 462 g/mol. The van der Waals surface area contributed by atoms with E-state index in [4.69, 9.17) is 16.3 Å². The third-order valence-corrected chi connectivity index (χ3v) is 6.13. The lowest BCUT2D eigenvalue weighted by Gasteiger charge is -2.22. The predicted molar refractivity (Wildman–Crippen MR) is 139 cm³/mol. The van der Waals surface area contributed by atoms with Crippen LogP contribution in [0.5, 0.6) is 11.6 Å². The highest BCUT2D eigenvalue weighted by Crippen LogP contribution is 2.39. The van der Waals surface area contributed by atoms with Gasteiger partial charge in [0.05, 0.1) is 12.1 Å². The molecule has 180 valence electrons. The van der Waals surface area contributed by atoms with Crippen molar-refractivity contribution >= 4 is 34.1 Å². The number of aromatic nitrogens is 1. The fourth-order valence-electron chi connectivity index (χ4n) is 3.97. The van der Waals surface area contributed by atoms with Crippen molar-refractivity contribution in [1.82, 2.24) is 4.57 Å². The summed E-state index contributed by atoms with van der Waals surface area (Å²) in [6.07, 6.45) is 0. The maximum atomic E-state index is 12.5. The van der Waals surface area contributed by atoms with E-state index in [1.165, 1.54) is 0 Å². The second-order valence-electron chi connectivity index (χ2n) is 9.50. The Morgan fingerprint density at radius 2 is 1.77 bits per heavy atom. The van der Waals surface area contributed by atoms with E-state index in [2.05, 4.69) is 31.0 Å². The topological polar surface area (TPSA) is 76.2 Å². The summed E-state index contributed by atoms with van der Waals surface area (Å²) in [6, 6.07) is 20.8. The zero-order chi connectivity index (χ0) is 25.2. The van der Waals surface area contributed by atoms with E-state index in [0.717, 1.165) is 22.2 Å². The predicted octanol–water partition coefficient (Wildman–Crippen LogP) is 7.34. The van der Waals surface area contributed by atoms with E-state index in [9.17, 15) is 9.90 Å². The van der Waals surface area contributed by atoms with Crippen LogP contribution in [0.4, 0.5) is 5.69 Å². The van der Waals surface area contributed by atoms with Crippen molar-refractivity contribution in [3.05, 3.63) is 88.4 Å². The maximum absolute atomic E-state index is 12.5. The van der Waals surface area contributed by atoms with Crippen LogP contribution >= 0.6 is 11.6 Å². The first kappa shape index (κ1) is 24.5. The second kappa shape index (κ2) is 9.92. The van der Waals surface area contributed by atoms with Gasteiger partial charge in [-0.1, -0.05) is 80.9 Å². The fraction of sp³-hybridized carbons (Fsp3) is 0.250. The van der Waals surface area contributed by atoms with Gasteiger partial charge in [-0.25, -0.2) is 0 Å². The van der Waals surface area contributed by atoms with Crippen LogP contribution in [-0.4, -0.2) is 22.2 Å². The number of aromatic hydroxyl groups is 1. The van der Waals surface area contributed by atoms with E-state index >= 15 is 0 Å². The van der Waals surface area contributed by atoms with Gasteiger partial charge in [0, 0.05) is 10.4 Å². The molecule has 3 aromatic carbocycles. The number of hydrogen-bond donors (Lipinski definition) is 1. The number of carbonyl (C=O) groups excluding carboxylic acids is 1. The molecule has 4 rings (SSSR count). The molecule has 4 aromatic rings. The lowest BCUT2D eigenvalue weighted by atomic mass is 9.86. The highest BCUT2D eigenvalue weighted by atomic mass is 35.5. The van der Waals surface area contributed by atoms with Gasteiger partial charge in [0.25, 0.3) is 0 Å². The molecule has 0 fully saturated rings. The molecule has 0 unspecified atom stereocenters. The number of aryl methyl sites for hydroxylation is 1. The number of benzene rings is 3. The van der Waals surface area contributed by atoms with E-state index in [1.807, 2.05) is 67.6 Å². The van der Waals surface area contributed by atoms with Crippen molar-refractivity contribution in [1.29, 1.82) is 0 Å². The zero-order valence-corrected chi connectivity index (χ0v) is 21.0. The van der Waals surface area contributed by atoms with E-state index in [0.29, 0.717) is 22.7 Å². The summed E-state index contributed by atoms with van der Waals surface area (Å²) in [5.74, 6) is 0.0197. The van der Waals surface area contributed by atoms with Crippen molar-refractivity contribution in [3.63, 3.8) is 0 Å². The summed E-state index contributed by atoms with van der Waals surface area (Å²) in [5.41, 5.74) is 3.75. The summed E-state index contributed by atoms with van der Waals surface area (Å²) >= 11 is 6.33. The highest BCUT2D eigenvalue weighted by molar-refractivity contribution is 6.31. The van der Waals surface area contributed by atoms with Crippen LogP contribution in [0, 0.1) is 6.92 Å². The van der Waals surface area contributed by atoms with Gasteiger partial charge in [0.1, 0.15) is 5.75 Å². The standard InChI is InChI=1S/C28H28ClN3O3/c1-18-13-14-21(28(2,3)4)24(15-18)35-17-25(33)30-31-26-20-10-6-8-12-23(20)32(27(26)34)16-19-9-5-7-11-22(19)29/h5-15,34H,16-17H2,1-4H3. The van der Waals surface area contributed by atoms with Gasteiger partial charge in [-0.2, -0.15) is 0 Å². The highest BCUT2D eigenvalue weighted by Gasteiger charge is 2.20. The monoisotopic (exact) mass is 489 g/mol. The smallest absolute Gasteiger partial charge is 0.302 e. The largest absolute Gasteiger partial charge is 0.493 e. The van der Waals surface area contributed by atoms with Gasteiger partial charge in [0.15, 0.2) is 12.3 Å². The number of nitrogens with zero attached hydrogens (tertiary/aromatic N) is 3. The van der Waals surface area contributed by atoms with E-state index in [-0.39, 0.29) is 23.6 Å². The third-order valence-electron chi connectivity index (χ3n) is 5.76. The number of azo groups is 1. The summed E-state index contributed by atoms with van der Waals surface area (Å²) < 4.78 is 7.53. The summed E-state index contributed by atoms with van der Waals surface area (Å²) in [6.45, 7) is 8.34. The van der Waals surface area contributed by atoms with Gasteiger partial charge in [0.2, 0.25) is 5.88 Å². The van der Waals surface area contributed by atoms with Crippen molar-refractivity contribution in [2.24, 2.45) is 10.2 Å². The number of hydrogen-bond acceptors (Lipinski definition) is 4. The molecule has 0 bridgehead atoms. The van der Waals surface area contributed by atoms with Crippen LogP contribution in [0.3, 0.4) is 0 Å². The van der Waals surface area contributed by atoms with Gasteiger partial charge in [-0.15, -0.1) is 10.2 Å². The first-order valence-electron chi connectivity index (χ1n) is 11.4. The molecule has 0 aliphatic carbocycles. The number of fused-ring (bicyclic) bond motifs is 1. The molecule has 0 radical (unpaired) electrons. The summed E-state index contributed by atoms with van der Waals surface area (Å²) in [5, 5.41) is 20.2. The lowest BCUT2D eigenvalue weighted by molar-refractivity contribution is -0.120. The molecule has 1 N–H and O–H groups in total. The third kappa shape index (κ3) is 5.38. The molecule has 7 heteroatoms. The first-order chi connectivity index (χ1) is 16.6. The molecular formula is C28H28ClN3O3. The van der Waals surface area contributed by atoms with Crippen molar-refractivity contribution in [3.8, 4) is 11.6 Å². The van der Waals surface area contributed by atoms with Crippen LogP contribution in [0.15, 0.2) is 77.0 Å². The van der Waals surface area contributed by atoms with Crippen LogP contribution in [0.1, 0.15) is 37.5 Å².